The summed E-state index contributed by atoms with van der Waals surface area (Å²) in [7, 11) is -0.267. The largest absolute Gasteiger partial charge is 0.417 e. The summed E-state index contributed by atoms with van der Waals surface area (Å²) in [5.41, 5.74) is 6.22. The van der Waals surface area contributed by atoms with Crippen LogP contribution in [-0.2, 0) is 22.7 Å². The maximum Gasteiger partial charge on any atom is 0.288 e. The number of pyridine rings is 1. The molecule has 14 heteroatoms. The summed E-state index contributed by atoms with van der Waals surface area (Å²) in [6.07, 6.45) is 3.97. The van der Waals surface area contributed by atoms with Gasteiger partial charge in [-0.2, -0.15) is 9.49 Å². The lowest BCUT2D eigenvalue weighted by Crippen LogP contribution is -2.46. The summed E-state index contributed by atoms with van der Waals surface area (Å²) < 4.78 is 22.5. The average molecular weight is 653 g/mol. The molecule has 4 rings (SSSR count). The molecule has 2 amide bonds. The Morgan fingerprint density at radius 1 is 1.04 bits per heavy atom. The van der Waals surface area contributed by atoms with Gasteiger partial charge in [0.2, 0.25) is 17.8 Å². The van der Waals surface area contributed by atoms with Crippen molar-refractivity contribution in [3.63, 3.8) is 0 Å². The molecule has 0 fully saturated rings. The first kappa shape index (κ1) is 33.7. The van der Waals surface area contributed by atoms with Crippen molar-refractivity contribution < 1.29 is 18.4 Å². The zero-order valence-electron chi connectivity index (χ0n) is 26.2. The molecule has 0 bridgehead atoms. The van der Waals surface area contributed by atoms with E-state index in [1.807, 2.05) is 12.1 Å². The van der Waals surface area contributed by atoms with E-state index in [1.54, 1.807) is 42.2 Å². The van der Waals surface area contributed by atoms with Crippen LogP contribution in [0.3, 0.4) is 0 Å². The minimum absolute atomic E-state index is 0.0226. The Morgan fingerprint density at radius 2 is 1.78 bits per heavy atom. The number of benzene rings is 1. The minimum atomic E-state index is -2.03. The summed E-state index contributed by atoms with van der Waals surface area (Å²) in [6, 6.07) is 13.1. The van der Waals surface area contributed by atoms with Crippen LogP contribution in [0, 0.1) is 11.9 Å². The van der Waals surface area contributed by atoms with Gasteiger partial charge in [-0.25, -0.2) is 15.0 Å². The van der Waals surface area contributed by atoms with E-state index in [-0.39, 0.29) is 16.7 Å². The van der Waals surface area contributed by atoms with Crippen LogP contribution in [0.2, 0.25) is 23.2 Å². The van der Waals surface area contributed by atoms with Crippen LogP contribution in [0.1, 0.15) is 43.2 Å². The van der Waals surface area contributed by atoms with Gasteiger partial charge in [0, 0.05) is 48.5 Å². The monoisotopic (exact) mass is 652 g/mol. The number of aryl methyl sites for hydroxylation is 1. The summed E-state index contributed by atoms with van der Waals surface area (Å²) in [6.45, 7) is 11.2. The number of halogens is 2. The molecule has 1 aromatic carbocycles. The first-order chi connectivity index (χ1) is 21.2. The highest BCUT2D eigenvalue weighted by Crippen LogP contribution is 2.36. The number of nitrogens with one attached hydrogen (secondary N) is 3. The van der Waals surface area contributed by atoms with Crippen molar-refractivity contribution in [3.05, 3.63) is 83.2 Å². The van der Waals surface area contributed by atoms with Gasteiger partial charge in [0.05, 0.1) is 11.9 Å². The molecular formula is C31H38ClFN8O3Si. The number of anilines is 2. The van der Waals surface area contributed by atoms with Gasteiger partial charge in [-0.3, -0.25) is 25.1 Å². The fourth-order valence-corrected chi connectivity index (χ4v) is 5.33. The predicted molar refractivity (Wildman–Crippen MR) is 174 cm³/mol. The average Bonchev–Trinajstić information content (AvgIpc) is 3.39. The standard InChI is InChI=1S/C31H38ClFN8O3Si/c1-31(2,3)45(5,6)44-16-13-21(17-20-7-9-23(32)10-8-20)28(42)39-40-29(43)25-18-22(19-26(33)36-25)24-11-14-34-30(37-24)38-27-12-15-35-41(27)4/h7-12,14-15,18-19,21H,13,16-17H2,1-6H3,(H,39,42)(H,40,43)(H,34,37,38). The Hall–Kier alpha value is -4.20. The van der Waals surface area contributed by atoms with Crippen molar-refractivity contribution in [2.45, 2.75) is 51.7 Å². The number of rotatable bonds is 11. The van der Waals surface area contributed by atoms with Gasteiger partial charge < -0.3 is 9.74 Å². The van der Waals surface area contributed by atoms with Gasteiger partial charge in [0.1, 0.15) is 11.5 Å². The fourth-order valence-electron chi connectivity index (χ4n) is 4.14. The van der Waals surface area contributed by atoms with Crippen molar-refractivity contribution in [2.75, 3.05) is 11.9 Å². The molecule has 45 heavy (non-hydrogen) atoms. The Bertz CT molecular complexity index is 1640. The molecule has 3 N–H and O–H groups in total. The molecule has 0 radical (unpaired) electrons. The lowest BCUT2D eigenvalue weighted by molar-refractivity contribution is -0.126. The summed E-state index contributed by atoms with van der Waals surface area (Å²) >= 11 is 6.05. The second-order valence-corrected chi connectivity index (χ2v) is 17.4. The van der Waals surface area contributed by atoms with Crippen LogP contribution in [0.25, 0.3) is 11.3 Å². The molecule has 238 valence electrons. The normalized spacial score (nSPS) is 12.4. The van der Waals surface area contributed by atoms with Crippen LogP contribution in [0.15, 0.2) is 60.9 Å². The molecule has 0 saturated carbocycles. The van der Waals surface area contributed by atoms with Crippen LogP contribution in [0.5, 0.6) is 0 Å². The van der Waals surface area contributed by atoms with Crippen LogP contribution >= 0.6 is 11.6 Å². The van der Waals surface area contributed by atoms with Crippen LogP contribution in [0.4, 0.5) is 16.2 Å². The van der Waals surface area contributed by atoms with Crippen molar-refractivity contribution in [1.82, 2.24) is 35.6 Å². The Labute approximate surface area is 268 Å². The fraction of sp³-hybridized carbons (Fsp3) is 0.355. The molecular weight excluding hydrogens is 615 g/mol. The molecule has 1 atom stereocenters. The predicted octanol–water partition coefficient (Wildman–Crippen LogP) is 5.84. The molecule has 0 aliphatic carbocycles. The Balaban J connectivity index is 1.45. The van der Waals surface area contributed by atoms with E-state index >= 15 is 0 Å². The lowest BCUT2D eigenvalue weighted by Gasteiger charge is -2.36. The minimum Gasteiger partial charge on any atom is -0.417 e. The molecule has 0 spiro atoms. The first-order valence-electron chi connectivity index (χ1n) is 14.5. The molecule has 1 unspecified atom stereocenters. The topological polar surface area (TPSA) is 136 Å². The van der Waals surface area contributed by atoms with Crippen molar-refractivity contribution >= 4 is 43.5 Å². The SMILES string of the molecule is Cn1nccc1Nc1nccc(-c2cc(F)nc(C(=O)NNC(=O)C(CCO[Si](C)(C)C(C)(C)C)Cc3ccc(Cl)cc3)c2)n1. The molecule has 0 aliphatic rings. The number of carbonyl (C=O) groups excluding carboxylic acids is 2. The van der Waals surface area contributed by atoms with Crippen molar-refractivity contribution in [1.29, 1.82) is 0 Å². The number of hydrogen-bond donors (Lipinski definition) is 3. The number of hydrazine groups is 1. The van der Waals surface area contributed by atoms with Gasteiger partial charge in [0.15, 0.2) is 8.32 Å². The Morgan fingerprint density at radius 3 is 2.44 bits per heavy atom. The van der Waals surface area contributed by atoms with E-state index < -0.39 is 32.0 Å². The van der Waals surface area contributed by atoms with E-state index in [2.05, 4.69) is 70.1 Å². The van der Waals surface area contributed by atoms with E-state index in [0.717, 1.165) is 11.6 Å². The highest BCUT2D eigenvalue weighted by Gasteiger charge is 2.37. The third-order valence-electron chi connectivity index (χ3n) is 7.84. The maximum absolute atomic E-state index is 14.6. The zero-order chi connectivity index (χ0) is 32.8. The maximum atomic E-state index is 14.6. The molecule has 0 saturated heterocycles. The third-order valence-corrected chi connectivity index (χ3v) is 12.6. The van der Waals surface area contributed by atoms with Crippen LogP contribution < -0.4 is 16.2 Å². The highest BCUT2D eigenvalue weighted by molar-refractivity contribution is 6.74. The van der Waals surface area contributed by atoms with Crippen molar-refractivity contribution in [2.24, 2.45) is 13.0 Å². The molecule has 11 nitrogen and oxygen atoms in total. The van der Waals surface area contributed by atoms with Gasteiger partial charge in [-0.15, -0.1) is 0 Å². The molecule has 3 heterocycles. The van der Waals surface area contributed by atoms with E-state index in [4.69, 9.17) is 16.0 Å². The molecule has 0 aliphatic heterocycles. The second-order valence-electron chi connectivity index (χ2n) is 12.2. The number of amides is 2. The number of nitrogens with zero attached hydrogens (tertiary/aromatic N) is 5. The van der Waals surface area contributed by atoms with Crippen molar-refractivity contribution in [3.8, 4) is 11.3 Å². The van der Waals surface area contributed by atoms with E-state index in [1.165, 1.54) is 12.3 Å². The second kappa shape index (κ2) is 14.3. The number of hydrogen-bond acceptors (Lipinski definition) is 8. The summed E-state index contributed by atoms with van der Waals surface area (Å²) in [5, 5.41) is 7.74. The molecule has 3 aromatic heterocycles. The number of carbonyl (C=O) groups is 2. The third kappa shape index (κ3) is 9.16. The Kier molecular flexibility index (Phi) is 10.7. The van der Waals surface area contributed by atoms with Gasteiger partial charge >= 0.3 is 0 Å². The van der Waals surface area contributed by atoms with Gasteiger partial charge in [0.25, 0.3) is 5.91 Å². The van der Waals surface area contributed by atoms with Crippen LogP contribution in [-0.4, -0.2) is 51.5 Å². The summed E-state index contributed by atoms with van der Waals surface area (Å²) in [4.78, 5) is 38.7. The smallest absolute Gasteiger partial charge is 0.288 e. The lowest BCUT2D eigenvalue weighted by atomic mass is 9.96. The van der Waals surface area contributed by atoms with Gasteiger partial charge in [-0.05, 0) is 60.8 Å². The molecule has 4 aromatic rings. The van der Waals surface area contributed by atoms with E-state index in [9.17, 15) is 14.0 Å². The summed E-state index contributed by atoms with van der Waals surface area (Å²) in [5.74, 6) is -1.67. The highest BCUT2D eigenvalue weighted by atomic mass is 35.5. The zero-order valence-corrected chi connectivity index (χ0v) is 27.9. The van der Waals surface area contributed by atoms with Gasteiger partial charge in [-0.1, -0.05) is 44.5 Å². The first-order valence-corrected chi connectivity index (χ1v) is 17.7. The van der Waals surface area contributed by atoms with E-state index in [0.29, 0.717) is 41.5 Å². The quantitative estimate of drug-likeness (QED) is 0.104. The number of aromatic nitrogens is 5.